The monoisotopic (exact) mass is 302 g/mol. The van der Waals surface area contributed by atoms with Gasteiger partial charge in [0.05, 0.1) is 11.7 Å². The minimum atomic E-state index is -0.494. The molecule has 2 N–H and O–H groups in total. The molecule has 0 spiro atoms. The van der Waals surface area contributed by atoms with E-state index in [1.54, 1.807) is 0 Å². The second kappa shape index (κ2) is 4.48. The summed E-state index contributed by atoms with van der Waals surface area (Å²) in [6, 6.07) is 0. The molecule has 0 aromatic heterocycles. The van der Waals surface area contributed by atoms with Gasteiger partial charge in [0.15, 0.2) is 0 Å². The molecule has 2 nitrogen and oxygen atoms in total. The summed E-state index contributed by atoms with van der Waals surface area (Å²) in [5.74, 6) is 2.03. The van der Waals surface area contributed by atoms with E-state index in [1.807, 2.05) is 6.08 Å². The van der Waals surface area contributed by atoms with Gasteiger partial charge in [-0.2, -0.15) is 0 Å². The first-order valence-electron chi connectivity index (χ1n) is 9.07. The zero-order valence-corrected chi connectivity index (χ0v) is 14.2. The summed E-state index contributed by atoms with van der Waals surface area (Å²) in [5, 5.41) is 20.9. The van der Waals surface area contributed by atoms with Gasteiger partial charge in [-0.3, -0.25) is 0 Å². The topological polar surface area (TPSA) is 40.5 Å². The van der Waals surface area contributed by atoms with Gasteiger partial charge in [0, 0.05) is 5.41 Å². The van der Waals surface area contributed by atoms with Gasteiger partial charge >= 0.3 is 0 Å². The molecule has 0 unspecified atom stereocenters. The van der Waals surface area contributed by atoms with Gasteiger partial charge in [-0.05, 0) is 68.6 Å². The van der Waals surface area contributed by atoms with Crippen molar-refractivity contribution in [1.82, 2.24) is 0 Å². The third-order valence-corrected chi connectivity index (χ3v) is 8.19. The van der Waals surface area contributed by atoms with Crippen LogP contribution < -0.4 is 0 Å². The second-order valence-electron chi connectivity index (χ2n) is 9.02. The number of allylic oxidation sites excluding steroid dienone is 2. The zero-order valence-electron chi connectivity index (χ0n) is 14.2. The van der Waals surface area contributed by atoms with Gasteiger partial charge in [-0.15, -0.1) is 0 Å². The fourth-order valence-corrected chi connectivity index (χ4v) is 6.48. The van der Waals surface area contributed by atoms with Crippen molar-refractivity contribution in [2.45, 2.75) is 71.0 Å². The number of aliphatic hydroxyl groups is 2. The lowest BCUT2D eigenvalue weighted by Gasteiger charge is -2.57. The largest absolute Gasteiger partial charge is 0.390 e. The van der Waals surface area contributed by atoms with Crippen LogP contribution in [0.15, 0.2) is 23.8 Å². The number of aliphatic hydroxyl groups excluding tert-OH is 1. The summed E-state index contributed by atoms with van der Waals surface area (Å²) in [6.07, 6.45) is 12.9. The molecule has 0 radical (unpaired) electrons. The molecule has 0 bridgehead atoms. The molecule has 0 aromatic rings. The Hall–Kier alpha value is -0.600. The van der Waals surface area contributed by atoms with Crippen molar-refractivity contribution < 1.29 is 10.2 Å². The molecule has 4 aliphatic rings. The maximum Gasteiger partial charge on any atom is 0.0758 e. The van der Waals surface area contributed by atoms with E-state index in [2.05, 4.69) is 32.9 Å². The summed E-state index contributed by atoms with van der Waals surface area (Å²) in [5.41, 5.74) is 1.19. The Morgan fingerprint density at radius 2 is 1.82 bits per heavy atom. The van der Waals surface area contributed by atoms with Gasteiger partial charge in [0.2, 0.25) is 0 Å². The van der Waals surface area contributed by atoms with Crippen molar-refractivity contribution in [2.24, 2.45) is 28.6 Å². The summed E-state index contributed by atoms with van der Waals surface area (Å²) in [4.78, 5) is 0. The van der Waals surface area contributed by atoms with Crippen LogP contribution in [0, 0.1) is 28.6 Å². The number of hydrogen-bond donors (Lipinski definition) is 2. The summed E-state index contributed by atoms with van der Waals surface area (Å²) in [6.45, 7) is 6.78. The molecule has 22 heavy (non-hydrogen) atoms. The maximum atomic E-state index is 10.9. The van der Waals surface area contributed by atoms with Gasteiger partial charge in [0.1, 0.15) is 0 Å². The van der Waals surface area contributed by atoms with Crippen LogP contribution in [0.25, 0.3) is 0 Å². The van der Waals surface area contributed by atoms with E-state index in [9.17, 15) is 10.2 Å². The Labute approximate surface area is 134 Å². The minimum Gasteiger partial charge on any atom is -0.390 e. The first kappa shape index (κ1) is 15.0. The molecule has 0 saturated heterocycles. The maximum absolute atomic E-state index is 10.9. The SMILES string of the molecule is C[C@]12C=C[C@H](O)CC1=CC[C@H]1[C@H]2CC[C@]2(C)[C@@H]1CC[C@]2(C)O. The molecule has 4 aliphatic carbocycles. The molecule has 0 heterocycles. The number of fused-ring (bicyclic) bond motifs is 5. The third-order valence-electron chi connectivity index (χ3n) is 8.19. The van der Waals surface area contributed by atoms with Gasteiger partial charge in [0.25, 0.3) is 0 Å². The van der Waals surface area contributed by atoms with Crippen molar-refractivity contribution >= 4 is 0 Å². The van der Waals surface area contributed by atoms with Crippen molar-refractivity contribution in [3.63, 3.8) is 0 Å². The molecule has 0 aromatic carbocycles. The zero-order chi connectivity index (χ0) is 15.8. The Morgan fingerprint density at radius 1 is 1.09 bits per heavy atom. The van der Waals surface area contributed by atoms with Crippen molar-refractivity contribution in [2.75, 3.05) is 0 Å². The molecule has 122 valence electrons. The Kier molecular flexibility index (Phi) is 3.05. The second-order valence-corrected chi connectivity index (χ2v) is 9.02. The summed E-state index contributed by atoms with van der Waals surface area (Å²) >= 11 is 0. The normalized spacial score (nSPS) is 56.9. The predicted octanol–water partition coefficient (Wildman–Crippen LogP) is 3.84. The quantitative estimate of drug-likeness (QED) is 0.668. The molecule has 0 amide bonds. The average Bonchev–Trinajstić information content (AvgIpc) is 2.70. The molecule has 7 atom stereocenters. The van der Waals surface area contributed by atoms with Crippen LogP contribution in [-0.4, -0.2) is 21.9 Å². The Bertz CT molecular complexity index is 546. The van der Waals surface area contributed by atoms with E-state index in [1.165, 1.54) is 18.4 Å². The van der Waals surface area contributed by atoms with E-state index < -0.39 is 5.60 Å². The highest BCUT2D eigenvalue weighted by molar-refractivity contribution is 5.33. The smallest absolute Gasteiger partial charge is 0.0758 e. The number of rotatable bonds is 0. The standard InChI is InChI=1S/C20H30O2/c1-18-9-6-14(21)12-13(18)4-5-15-16(18)7-10-19(2)17(15)8-11-20(19,3)22/h4,6,9,14-17,21-22H,5,7-8,10-12H2,1-3H3/t14-,15-,16+,17+,18-,19+,20-/m0/s1. The van der Waals surface area contributed by atoms with Crippen LogP contribution >= 0.6 is 0 Å². The van der Waals surface area contributed by atoms with Crippen LogP contribution in [-0.2, 0) is 0 Å². The van der Waals surface area contributed by atoms with E-state index in [-0.39, 0.29) is 16.9 Å². The highest BCUT2D eigenvalue weighted by atomic mass is 16.3. The van der Waals surface area contributed by atoms with E-state index in [4.69, 9.17) is 0 Å². The summed E-state index contributed by atoms with van der Waals surface area (Å²) in [7, 11) is 0. The van der Waals surface area contributed by atoms with Gasteiger partial charge in [-0.25, -0.2) is 0 Å². The Balaban J connectivity index is 1.72. The highest BCUT2D eigenvalue weighted by Gasteiger charge is 2.61. The predicted molar refractivity (Wildman–Crippen MR) is 88.2 cm³/mol. The lowest BCUT2D eigenvalue weighted by atomic mass is 9.48. The fraction of sp³-hybridized carbons (Fsp3) is 0.800. The highest BCUT2D eigenvalue weighted by Crippen LogP contribution is 2.66. The Morgan fingerprint density at radius 3 is 2.59 bits per heavy atom. The lowest BCUT2D eigenvalue weighted by Crippen LogP contribution is -2.53. The van der Waals surface area contributed by atoms with Crippen LogP contribution in [0.5, 0.6) is 0 Å². The molecule has 2 heteroatoms. The minimum absolute atomic E-state index is 0.0910. The van der Waals surface area contributed by atoms with E-state index in [0.29, 0.717) is 17.8 Å². The van der Waals surface area contributed by atoms with Crippen molar-refractivity contribution in [3.05, 3.63) is 23.8 Å². The molecule has 4 rings (SSSR count). The lowest BCUT2D eigenvalue weighted by molar-refractivity contribution is -0.107. The van der Waals surface area contributed by atoms with Crippen molar-refractivity contribution in [3.8, 4) is 0 Å². The van der Waals surface area contributed by atoms with Crippen LogP contribution in [0.3, 0.4) is 0 Å². The molecule has 2 fully saturated rings. The number of hydrogen-bond acceptors (Lipinski definition) is 2. The van der Waals surface area contributed by atoms with Crippen LogP contribution in [0.1, 0.15) is 59.3 Å². The van der Waals surface area contributed by atoms with Crippen molar-refractivity contribution in [1.29, 1.82) is 0 Å². The van der Waals surface area contributed by atoms with E-state index >= 15 is 0 Å². The average molecular weight is 302 g/mol. The summed E-state index contributed by atoms with van der Waals surface area (Å²) < 4.78 is 0. The molecular weight excluding hydrogens is 272 g/mol. The first-order chi connectivity index (χ1) is 10.3. The van der Waals surface area contributed by atoms with Crippen LogP contribution in [0.2, 0.25) is 0 Å². The van der Waals surface area contributed by atoms with E-state index in [0.717, 1.165) is 25.7 Å². The van der Waals surface area contributed by atoms with Gasteiger partial charge < -0.3 is 10.2 Å². The molecular formula is C20H30O2. The third kappa shape index (κ3) is 1.74. The molecule has 0 aliphatic heterocycles. The fourth-order valence-electron chi connectivity index (χ4n) is 6.48. The van der Waals surface area contributed by atoms with Gasteiger partial charge in [-0.1, -0.05) is 37.6 Å². The first-order valence-corrected chi connectivity index (χ1v) is 9.07. The molecule has 2 saturated carbocycles. The van der Waals surface area contributed by atoms with Crippen LogP contribution in [0.4, 0.5) is 0 Å².